The van der Waals surface area contributed by atoms with Crippen LogP contribution in [0.1, 0.15) is 48.5 Å². The molecule has 0 N–H and O–H groups in total. The normalized spacial score (nSPS) is 23.0. The number of ether oxygens (including phenoxy) is 1. The van der Waals surface area contributed by atoms with Crippen LogP contribution in [0.3, 0.4) is 0 Å². The second kappa shape index (κ2) is 4.46. The highest BCUT2D eigenvalue weighted by molar-refractivity contribution is 6.25. The Hall–Kier alpha value is -1.02. The summed E-state index contributed by atoms with van der Waals surface area (Å²) in [5.41, 5.74) is 1.42. The first-order valence-electron chi connectivity index (χ1n) is 5.69. The van der Waals surface area contributed by atoms with Crippen LogP contribution in [0.2, 0.25) is 0 Å². The second-order valence-electron chi connectivity index (χ2n) is 4.12. The molecule has 1 aromatic carbocycles. The molecule has 86 valence electrons. The summed E-state index contributed by atoms with van der Waals surface area (Å²) in [7, 11) is 0. The number of unbranched alkanes of at least 4 members (excludes halogenated alkanes) is 2. The summed E-state index contributed by atoms with van der Waals surface area (Å²) in [6, 6.07) is 7.35. The number of benzene rings is 1. The predicted octanol–water partition coefficient (Wildman–Crippen LogP) is 3.83. The molecule has 1 aliphatic heterocycles. The monoisotopic (exact) mass is 238 g/mol. The maximum atomic E-state index is 11.6. The summed E-state index contributed by atoms with van der Waals surface area (Å²) in [4.78, 5) is 11.6. The minimum atomic E-state index is -0.928. The van der Waals surface area contributed by atoms with E-state index < -0.39 is 5.06 Å². The van der Waals surface area contributed by atoms with E-state index in [1.807, 2.05) is 18.2 Å². The molecule has 0 fully saturated rings. The Balaban J connectivity index is 2.21. The van der Waals surface area contributed by atoms with Crippen LogP contribution >= 0.6 is 11.6 Å². The average Bonchev–Trinajstić information content (AvgIpc) is 2.53. The lowest BCUT2D eigenvalue weighted by molar-refractivity contribution is 0.0231. The van der Waals surface area contributed by atoms with Gasteiger partial charge in [0, 0.05) is 12.0 Å². The highest BCUT2D eigenvalue weighted by atomic mass is 35.5. The summed E-state index contributed by atoms with van der Waals surface area (Å²) in [5, 5.41) is -0.928. The van der Waals surface area contributed by atoms with E-state index in [0.29, 0.717) is 12.0 Å². The van der Waals surface area contributed by atoms with Crippen molar-refractivity contribution in [1.82, 2.24) is 0 Å². The molecule has 3 heteroatoms. The molecule has 1 unspecified atom stereocenters. The summed E-state index contributed by atoms with van der Waals surface area (Å²) in [5.74, 6) is -0.304. The highest BCUT2D eigenvalue weighted by Crippen LogP contribution is 2.43. The number of hydrogen-bond donors (Lipinski definition) is 0. The molecule has 0 bridgehead atoms. The minimum absolute atomic E-state index is 0.304. The largest absolute Gasteiger partial charge is 0.435 e. The molecule has 0 aliphatic carbocycles. The molecule has 2 nitrogen and oxygen atoms in total. The van der Waals surface area contributed by atoms with Gasteiger partial charge in [-0.25, -0.2) is 4.79 Å². The summed E-state index contributed by atoms with van der Waals surface area (Å²) < 4.78 is 5.29. The minimum Gasteiger partial charge on any atom is -0.435 e. The molecule has 1 aromatic rings. The van der Waals surface area contributed by atoms with Gasteiger partial charge in [-0.3, -0.25) is 0 Å². The van der Waals surface area contributed by atoms with E-state index in [4.69, 9.17) is 16.3 Å². The van der Waals surface area contributed by atoms with Crippen LogP contribution in [0, 0.1) is 0 Å². The molecule has 0 radical (unpaired) electrons. The van der Waals surface area contributed by atoms with Crippen molar-refractivity contribution in [2.75, 3.05) is 0 Å². The van der Waals surface area contributed by atoms with Crippen molar-refractivity contribution in [2.45, 2.75) is 37.7 Å². The average molecular weight is 239 g/mol. The lowest BCUT2D eigenvalue weighted by Crippen LogP contribution is -2.18. The molecule has 0 aromatic heterocycles. The number of halogens is 1. The zero-order valence-electron chi connectivity index (χ0n) is 9.33. The third kappa shape index (κ3) is 1.94. The van der Waals surface area contributed by atoms with E-state index in [2.05, 4.69) is 6.92 Å². The van der Waals surface area contributed by atoms with Crippen LogP contribution in [-0.4, -0.2) is 5.97 Å². The van der Waals surface area contributed by atoms with Crippen molar-refractivity contribution in [2.24, 2.45) is 0 Å². The third-order valence-corrected chi connectivity index (χ3v) is 3.38. The Morgan fingerprint density at radius 2 is 2.06 bits per heavy atom. The highest BCUT2D eigenvalue weighted by Gasteiger charge is 2.43. The number of hydrogen-bond acceptors (Lipinski definition) is 2. The van der Waals surface area contributed by atoms with Crippen molar-refractivity contribution < 1.29 is 9.53 Å². The third-order valence-electron chi connectivity index (χ3n) is 2.91. The van der Waals surface area contributed by atoms with Crippen LogP contribution in [0.5, 0.6) is 0 Å². The van der Waals surface area contributed by atoms with Gasteiger partial charge in [-0.1, -0.05) is 49.6 Å². The van der Waals surface area contributed by atoms with E-state index in [1.165, 1.54) is 0 Å². The van der Waals surface area contributed by atoms with Crippen molar-refractivity contribution in [3.63, 3.8) is 0 Å². The van der Waals surface area contributed by atoms with Gasteiger partial charge < -0.3 is 4.74 Å². The van der Waals surface area contributed by atoms with E-state index >= 15 is 0 Å². The van der Waals surface area contributed by atoms with Gasteiger partial charge >= 0.3 is 5.97 Å². The molecule has 0 amide bonds. The zero-order valence-corrected chi connectivity index (χ0v) is 10.1. The summed E-state index contributed by atoms with van der Waals surface area (Å²) in [6.07, 6.45) is 3.89. The first kappa shape index (κ1) is 11.5. The van der Waals surface area contributed by atoms with E-state index in [0.717, 1.165) is 24.8 Å². The standard InChI is InChI=1S/C13H15ClO2/c1-2-3-6-9-13(14)11-8-5-4-7-10(11)12(15)16-13/h4-5,7-8H,2-3,6,9H2,1H3. The van der Waals surface area contributed by atoms with Gasteiger partial charge in [-0.15, -0.1) is 0 Å². The van der Waals surface area contributed by atoms with Gasteiger partial charge in [0.05, 0.1) is 5.56 Å². The summed E-state index contributed by atoms with van der Waals surface area (Å²) in [6.45, 7) is 2.13. The van der Waals surface area contributed by atoms with Crippen LogP contribution in [-0.2, 0) is 9.80 Å². The first-order chi connectivity index (χ1) is 7.67. The number of esters is 1. The van der Waals surface area contributed by atoms with Gasteiger partial charge in [0.2, 0.25) is 5.06 Å². The molecule has 0 spiro atoms. The number of rotatable bonds is 4. The molecular weight excluding hydrogens is 224 g/mol. The Morgan fingerprint density at radius 1 is 1.31 bits per heavy atom. The van der Waals surface area contributed by atoms with Crippen molar-refractivity contribution in [3.05, 3.63) is 35.4 Å². The van der Waals surface area contributed by atoms with Crippen LogP contribution in [0.25, 0.3) is 0 Å². The van der Waals surface area contributed by atoms with E-state index in [9.17, 15) is 4.79 Å². The summed E-state index contributed by atoms with van der Waals surface area (Å²) >= 11 is 6.39. The van der Waals surface area contributed by atoms with Gasteiger partial charge in [0.1, 0.15) is 0 Å². The maximum absolute atomic E-state index is 11.6. The molecule has 0 saturated heterocycles. The van der Waals surface area contributed by atoms with Gasteiger partial charge in [0.15, 0.2) is 0 Å². The SMILES string of the molecule is CCCCCC1(Cl)OC(=O)c2ccccc21. The molecule has 1 aliphatic rings. The van der Waals surface area contributed by atoms with Crippen LogP contribution < -0.4 is 0 Å². The molecule has 16 heavy (non-hydrogen) atoms. The first-order valence-corrected chi connectivity index (χ1v) is 6.07. The lowest BCUT2D eigenvalue weighted by Gasteiger charge is -2.20. The smallest absolute Gasteiger partial charge is 0.340 e. The molecule has 0 saturated carbocycles. The van der Waals surface area contributed by atoms with Crippen molar-refractivity contribution >= 4 is 17.6 Å². The number of alkyl halides is 1. The number of carbonyl (C=O) groups excluding carboxylic acids is 1. The quantitative estimate of drug-likeness (QED) is 0.453. The zero-order chi connectivity index (χ0) is 11.6. The fraction of sp³-hybridized carbons (Fsp3) is 0.462. The van der Waals surface area contributed by atoms with Crippen molar-refractivity contribution in [3.8, 4) is 0 Å². The van der Waals surface area contributed by atoms with Crippen molar-refractivity contribution in [1.29, 1.82) is 0 Å². The molecule has 2 rings (SSSR count). The van der Waals surface area contributed by atoms with Crippen LogP contribution in [0.4, 0.5) is 0 Å². The molecular formula is C13H15ClO2. The number of cyclic esters (lactones) is 1. The van der Waals surface area contributed by atoms with E-state index in [1.54, 1.807) is 6.07 Å². The Labute approximate surface area is 101 Å². The van der Waals surface area contributed by atoms with E-state index in [-0.39, 0.29) is 5.97 Å². The molecule has 1 atom stereocenters. The Kier molecular flexibility index (Phi) is 3.20. The van der Waals surface area contributed by atoms with Gasteiger partial charge in [-0.2, -0.15) is 0 Å². The topological polar surface area (TPSA) is 26.3 Å². The maximum Gasteiger partial charge on any atom is 0.340 e. The molecule has 1 heterocycles. The lowest BCUT2D eigenvalue weighted by atomic mass is 10.0. The fourth-order valence-corrected chi connectivity index (χ4v) is 2.40. The van der Waals surface area contributed by atoms with Gasteiger partial charge in [0.25, 0.3) is 0 Å². The fourth-order valence-electron chi connectivity index (χ4n) is 2.03. The number of carbonyl (C=O) groups is 1. The predicted molar refractivity (Wildman–Crippen MR) is 63.5 cm³/mol. The Morgan fingerprint density at radius 3 is 2.81 bits per heavy atom. The van der Waals surface area contributed by atoms with Crippen LogP contribution in [0.15, 0.2) is 24.3 Å². The second-order valence-corrected chi connectivity index (χ2v) is 4.73. The number of fused-ring (bicyclic) bond motifs is 1. The Bertz CT molecular complexity index is 403. The van der Waals surface area contributed by atoms with Gasteiger partial charge in [-0.05, 0) is 12.5 Å².